The summed E-state index contributed by atoms with van der Waals surface area (Å²) in [5.74, 6) is 7.34. The average Bonchev–Trinajstić information content (AvgIpc) is 3.87. The fourth-order valence-electron chi connectivity index (χ4n) is 4.73. The molecule has 0 unspecified atom stereocenters. The largest absolute Gasteiger partial charge is 0.116 e. The molecule has 0 radical (unpaired) electrons. The molecular formula is C31H26S14. The summed E-state index contributed by atoms with van der Waals surface area (Å²) in [5, 5.41) is 0. The Kier molecular flexibility index (Phi) is 11.6. The standard InChI is InChI=1S/C31H26S14/c1-15-4-6-18(7-5-15)19(14-20-38-26-27(39-20)33-9-8-32-26)25-40-21(16(2)23-42-28-29(43-23)35-11-10-34-28)22(41-25)17(3)24-44-30-31(45-24)37-13-12-36-30/h4-7,14H,8-13H2,1-3H3. The van der Waals surface area contributed by atoms with E-state index in [4.69, 9.17) is 0 Å². The van der Waals surface area contributed by atoms with E-state index in [0.717, 1.165) is 0 Å². The summed E-state index contributed by atoms with van der Waals surface area (Å²) in [7, 11) is 0. The molecule has 1 aromatic rings. The minimum absolute atomic E-state index is 1.22. The first-order valence-electron chi connectivity index (χ1n) is 14.1. The van der Waals surface area contributed by atoms with E-state index in [1.54, 1.807) is 0 Å². The Labute approximate surface area is 326 Å². The lowest BCUT2D eigenvalue weighted by Gasteiger charge is -2.11. The van der Waals surface area contributed by atoms with Gasteiger partial charge in [-0.15, -0.1) is 70.6 Å². The zero-order valence-electron chi connectivity index (χ0n) is 24.3. The lowest BCUT2D eigenvalue weighted by molar-refractivity contribution is 1.45. The molecule has 1 aromatic carbocycles. The number of benzene rings is 1. The molecule has 7 heterocycles. The molecule has 0 saturated carbocycles. The molecule has 0 fully saturated rings. The summed E-state index contributed by atoms with van der Waals surface area (Å²) >= 11 is 28.4. The molecular weight excluding hydrogens is 821 g/mol. The van der Waals surface area contributed by atoms with Gasteiger partial charge in [0.1, 0.15) is 0 Å². The zero-order valence-corrected chi connectivity index (χ0v) is 35.8. The van der Waals surface area contributed by atoms with Crippen LogP contribution in [0.25, 0.3) is 5.57 Å². The van der Waals surface area contributed by atoms with Crippen molar-refractivity contribution in [1.82, 2.24) is 0 Å². The van der Waals surface area contributed by atoms with Crippen molar-refractivity contribution in [2.75, 3.05) is 34.5 Å². The van der Waals surface area contributed by atoms with Crippen LogP contribution in [0.1, 0.15) is 25.0 Å². The third-order valence-corrected chi connectivity index (χ3v) is 27.5. The highest BCUT2D eigenvalue weighted by atomic mass is 32.3. The second kappa shape index (κ2) is 15.3. The van der Waals surface area contributed by atoms with Gasteiger partial charge in [0.05, 0.1) is 42.4 Å². The Morgan fingerprint density at radius 1 is 0.489 bits per heavy atom. The Balaban J connectivity index is 1.20. The third kappa shape index (κ3) is 7.51. The van der Waals surface area contributed by atoms with Gasteiger partial charge in [0.25, 0.3) is 0 Å². The van der Waals surface area contributed by atoms with Gasteiger partial charge in [-0.2, -0.15) is 0 Å². The molecule has 0 aliphatic carbocycles. The van der Waals surface area contributed by atoms with Crippen LogP contribution in [0.3, 0.4) is 0 Å². The maximum absolute atomic E-state index is 2.50. The summed E-state index contributed by atoms with van der Waals surface area (Å²) < 4.78 is 14.9. The van der Waals surface area contributed by atoms with E-state index in [1.165, 1.54) is 115 Å². The van der Waals surface area contributed by atoms with E-state index in [1.807, 2.05) is 165 Å². The Hall–Kier alpha value is 2.04. The highest BCUT2D eigenvalue weighted by Gasteiger charge is 2.35. The van der Waals surface area contributed by atoms with Crippen LogP contribution in [-0.2, 0) is 0 Å². The van der Waals surface area contributed by atoms with Crippen molar-refractivity contribution in [2.45, 2.75) is 20.8 Å². The third-order valence-electron chi connectivity index (χ3n) is 7.01. The molecule has 0 spiro atoms. The van der Waals surface area contributed by atoms with E-state index in [-0.39, 0.29) is 0 Å². The van der Waals surface area contributed by atoms with E-state index in [9.17, 15) is 0 Å². The SMILES string of the molecule is CC(=C1SC2=C(SCCS2)S1)C1=C(C(C)=C2SC3=C(SCCS3)S2)SC(=C(C=C2SC3=C(SCCS3)S2)c2ccc(C)cc2)S1. The van der Waals surface area contributed by atoms with Crippen LogP contribution in [-0.4, -0.2) is 34.5 Å². The number of allylic oxidation sites excluding steroid dienone is 4. The number of hydrogen-bond acceptors (Lipinski definition) is 14. The second-order valence-electron chi connectivity index (χ2n) is 10.1. The second-order valence-corrected chi connectivity index (χ2v) is 27.6. The lowest BCUT2D eigenvalue weighted by atomic mass is 10.1. The maximum Gasteiger partial charge on any atom is 0.0660 e. The minimum atomic E-state index is 1.22. The first-order valence-corrected chi connectivity index (χ1v) is 26.6. The van der Waals surface area contributed by atoms with E-state index in [2.05, 4.69) is 51.1 Å². The smallest absolute Gasteiger partial charge is 0.0660 e. The molecule has 234 valence electrons. The maximum atomic E-state index is 2.50. The van der Waals surface area contributed by atoms with Crippen molar-refractivity contribution >= 4 is 170 Å². The Morgan fingerprint density at radius 3 is 1.27 bits per heavy atom. The highest BCUT2D eigenvalue weighted by Crippen LogP contribution is 2.67. The molecule has 0 nitrogen and oxygen atoms in total. The number of aryl methyl sites for hydroxylation is 1. The topological polar surface area (TPSA) is 0 Å². The minimum Gasteiger partial charge on any atom is -0.116 e. The van der Waals surface area contributed by atoms with Crippen molar-refractivity contribution in [1.29, 1.82) is 0 Å². The van der Waals surface area contributed by atoms with Gasteiger partial charge in [-0.05, 0) is 43.6 Å². The highest BCUT2D eigenvalue weighted by molar-refractivity contribution is 8.43. The van der Waals surface area contributed by atoms with Gasteiger partial charge in [0, 0.05) is 49.9 Å². The van der Waals surface area contributed by atoms with E-state index in [0.29, 0.717) is 0 Å². The van der Waals surface area contributed by atoms with Crippen LogP contribution in [0.15, 0.2) is 93.7 Å². The van der Waals surface area contributed by atoms with E-state index >= 15 is 0 Å². The van der Waals surface area contributed by atoms with Crippen LogP contribution in [0.5, 0.6) is 0 Å². The fourth-order valence-corrected chi connectivity index (χ4v) is 25.6. The zero-order chi connectivity index (χ0) is 30.5. The Bertz CT molecular complexity index is 1580. The van der Waals surface area contributed by atoms with Crippen molar-refractivity contribution in [3.05, 3.63) is 105 Å². The predicted molar refractivity (Wildman–Crippen MR) is 235 cm³/mol. The van der Waals surface area contributed by atoms with Crippen molar-refractivity contribution in [3.8, 4) is 0 Å². The van der Waals surface area contributed by atoms with Gasteiger partial charge in [-0.1, -0.05) is 124 Å². The number of thioether (sulfide) groups is 14. The number of hydrogen-bond donors (Lipinski definition) is 0. The first kappa shape index (κ1) is 34.1. The summed E-state index contributed by atoms with van der Waals surface area (Å²) in [5.41, 5.74) is 6.88. The fraction of sp³-hybridized carbons (Fsp3) is 0.290. The molecule has 0 saturated heterocycles. The van der Waals surface area contributed by atoms with Gasteiger partial charge < -0.3 is 0 Å². The van der Waals surface area contributed by atoms with Crippen LogP contribution in [0, 0.1) is 6.92 Å². The molecule has 7 aliphatic heterocycles. The molecule has 45 heavy (non-hydrogen) atoms. The van der Waals surface area contributed by atoms with Gasteiger partial charge in [-0.3, -0.25) is 0 Å². The number of rotatable bonds is 4. The van der Waals surface area contributed by atoms with Crippen LogP contribution >= 0.6 is 165 Å². The van der Waals surface area contributed by atoms with Crippen molar-refractivity contribution < 1.29 is 0 Å². The summed E-state index contributed by atoms with van der Waals surface area (Å²) in [6, 6.07) is 9.20. The first-order chi connectivity index (χ1) is 22.0. The van der Waals surface area contributed by atoms with Crippen molar-refractivity contribution in [3.63, 3.8) is 0 Å². The molecule has 0 atom stereocenters. The van der Waals surface area contributed by atoms with Crippen LogP contribution in [0.4, 0.5) is 0 Å². The van der Waals surface area contributed by atoms with Gasteiger partial charge in [-0.25, -0.2) is 0 Å². The van der Waals surface area contributed by atoms with Crippen molar-refractivity contribution in [2.24, 2.45) is 0 Å². The summed E-state index contributed by atoms with van der Waals surface area (Å²) in [6.45, 7) is 6.96. The normalized spacial score (nSPS) is 23.4. The predicted octanol–water partition coefficient (Wildman–Crippen LogP) is 14.9. The molecule has 8 rings (SSSR count). The van der Waals surface area contributed by atoms with Crippen LogP contribution in [0.2, 0.25) is 0 Å². The molecule has 0 bridgehead atoms. The van der Waals surface area contributed by atoms with Gasteiger partial charge >= 0.3 is 0 Å². The molecule has 0 aromatic heterocycles. The average molecular weight is 847 g/mol. The quantitative estimate of drug-likeness (QED) is 0.282. The molecule has 0 amide bonds. The van der Waals surface area contributed by atoms with Crippen LogP contribution < -0.4 is 0 Å². The summed E-state index contributed by atoms with van der Waals surface area (Å²) in [4.78, 5) is 2.91. The monoisotopic (exact) mass is 846 g/mol. The molecule has 0 N–H and O–H groups in total. The van der Waals surface area contributed by atoms with E-state index < -0.39 is 0 Å². The molecule has 7 aliphatic rings. The summed E-state index contributed by atoms with van der Waals surface area (Å²) in [6.07, 6.45) is 2.50. The van der Waals surface area contributed by atoms with Gasteiger partial charge in [0.2, 0.25) is 0 Å². The Morgan fingerprint density at radius 2 is 0.867 bits per heavy atom. The lowest BCUT2D eigenvalue weighted by Crippen LogP contribution is -1.88. The van der Waals surface area contributed by atoms with Gasteiger partial charge in [0.15, 0.2) is 0 Å². The molecule has 14 heteroatoms.